The van der Waals surface area contributed by atoms with Gasteiger partial charge in [0, 0.05) is 21.9 Å². The van der Waals surface area contributed by atoms with Gasteiger partial charge in [0.2, 0.25) is 5.75 Å². The molecule has 4 aromatic rings. The third-order valence-electron chi connectivity index (χ3n) is 5.16. The minimum absolute atomic E-state index is 0.00968. The van der Waals surface area contributed by atoms with Crippen molar-refractivity contribution in [1.82, 2.24) is 0 Å². The fourth-order valence-electron chi connectivity index (χ4n) is 3.93. The van der Waals surface area contributed by atoms with Crippen LogP contribution in [0, 0.1) is 0 Å². The van der Waals surface area contributed by atoms with E-state index in [0.717, 1.165) is 38.6 Å². The number of phenols is 1. The quantitative estimate of drug-likeness (QED) is 0.476. The van der Waals surface area contributed by atoms with Crippen LogP contribution >= 0.6 is 0 Å². The molecular weight excluding hydrogens is 352 g/mol. The van der Waals surface area contributed by atoms with Crippen LogP contribution in [0.25, 0.3) is 27.5 Å². The highest BCUT2D eigenvalue weighted by molar-refractivity contribution is 6.09. The predicted octanol–water partition coefficient (Wildman–Crippen LogP) is 5.90. The molecule has 28 heavy (non-hydrogen) atoms. The number of aromatic hydroxyl groups is 1. The summed E-state index contributed by atoms with van der Waals surface area (Å²) >= 11 is 0. The fraction of sp³-hybridized carbons (Fsp3) is 0.167. The Balaban J connectivity index is 1.82. The Morgan fingerprint density at radius 1 is 0.893 bits per heavy atom. The van der Waals surface area contributed by atoms with Gasteiger partial charge in [-0.3, -0.25) is 0 Å². The van der Waals surface area contributed by atoms with Gasteiger partial charge in [0.1, 0.15) is 16.8 Å². The Labute approximate surface area is 162 Å². The first-order valence-electron chi connectivity index (χ1n) is 9.21. The second-order valence-corrected chi connectivity index (χ2v) is 7.54. The van der Waals surface area contributed by atoms with Crippen molar-refractivity contribution in [2.45, 2.75) is 19.4 Å². The van der Waals surface area contributed by atoms with Crippen molar-refractivity contribution in [3.63, 3.8) is 0 Å². The maximum Gasteiger partial charge on any atom is 0.201 e. The van der Waals surface area contributed by atoms with E-state index in [4.69, 9.17) is 13.9 Å². The molecule has 0 radical (unpaired) electrons. The summed E-state index contributed by atoms with van der Waals surface area (Å²) in [6, 6.07) is 17.8. The second-order valence-electron chi connectivity index (χ2n) is 7.54. The molecule has 0 bridgehead atoms. The molecule has 0 atom stereocenters. The van der Waals surface area contributed by atoms with Crippen LogP contribution in [0.15, 0.2) is 65.1 Å². The minimum Gasteiger partial charge on any atom is -0.502 e. The van der Waals surface area contributed by atoms with E-state index in [0.29, 0.717) is 11.5 Å². The fourth-order valence-corrected chi connectivity index (χ4v) is 3.93. The van der Waals surface area contributed by atoms with Crippen LogP contribution < -0.4 is 9.47 Å². The van der Waals surface area contributed by atoms with Gasteiger partial charge in [-0.1, -0.05) is 36.4 Å². The number of para-hydroxylation sites is 2. The zero-order valence-corrected chi connectivity index (χ0v) is 15.9. The van der Waals surface area contributed by atoms with Crippen LogP contribution in [0.4, 0.5) is 0 Å². The molecule has 0 unspecified atom stereocenters. The van der Waals surface area contributed by atoms with Crippen molar-refractivity contribution in [1.29, 1.82) is 0 Å². The molecule has 140 valence electrons. The van der Waals surface area contributed by atoms with Gasteiger partial charge in [0.05, 0.1) is 7.11 Å². The molecule has 5 rings (SSSR count). The van der Waals surface area contributed by atoms with E-state index in [-0.39, 0.29) is 5.75 Å². The zero-order chi connectivity index (χ0) is 19.5. The van der Waals surface area contributed by atoms with E-state index in [1.54, 1.807) is 6.07 Å². The van der Waals surface area contributed by atoms with Gasteiger partial charge in [0.15, 0.2) is 11.5 Å². The van der Waals surface area contributed by atoms with E-state index in [1.807, 2.05) is 50.2 Å². The molecule has 0 saturated heterocycles. The van der Waals surface area contributed by atoms with Gasteiger partial charge in [-0.2, -0.15) is 0 Å². The standard InChI is InChI=1S/C24H20O4/c1-24(2)13-18(17-11-12-20(26-3)21(25)23(17)28-24)16-9-6-8-15-14-7-4-5-10-19(14)27-22(15)16/h4-13,25H,1-3H3. The molecule has 0 fully saturated rings. The monoisotopic (exact) mass is 372 g/mol. The summed E-state index contributed by atoms with van der Waals surface area (Å²) in [6.07, 6.45) is 2.07. The number of methoxy groups -OCH3 is 1. The van der Waals surface area contributed by atoms with Gasteiger partial charge >= 0.3 is 0 Å². The zero-order valence-electron chi connectivity index (χ0n) is 15.9. The third-order valence-corrected chi connectivity index (χ3v) is 5.16. The normalized spacial score (nSPS) is 15.2. The number of fused-ring (bicyclic) bond motifs is 4. The summed E-state index contributed by atoms with van der Waals surface area (Å²) in [5.74, 6) is 0.822. The van der Waals surface area contributed by atoms with E-state index in [9.17, 15) is 5.11 Å². The van der Waals surface area contributed by atoms with Crippen molar-refractivity contribution in [3.8, 4) is 17.2 Å². The number of phenolic OH excluding ortho intramolecular Hbond substituents is 1. The first kappa shape index (κ1) is 16.8. The number of hydrogen-bond donors (Lipinski definition) is 1. The Morgan fingerprint density at radius 3 is 2.50 bits per heavy atom. The van der Waals surface area contributed by atoms with E-state index >= 15 is 0 Å². The van der Waals surface area contributed by atoms with Gasteiger partial charge in [0.25, 0.3) is 0 Å². The smallest absolute Gasteiger partial charge is 0.201 e. The van der Waals surface area contributed by atoms with Crippen molar-refractivity contribution >= 4 is 27.5 Å². The molecule has 0 saturated carbocycles. The van der Waals surface area contributed by atoms with Gasteiger partial charge in [-0.25, -0.2) is 0 Å². The Bertz CT molecular complexity index is 1260. The largest absolute Gasteiger partial charge is 0.502 e. The van der Waals surface area contributed by atoms with Crippen LogP contribution in [0.2, 0.25) is 0 Å². The molecule has 1 N–H and O–H groups in total. The van der Waals surface area contributed by atoms with Crippen molar-refractivity contribution in [3.05, 3.63) is 71.8 Å². The second kappa shape index (κ2) is 5.80. The molecule has 1 aromatic heterocycles. The summed E-state index contributed by atoms with van der Waals surface area (Å²) in [7, 11) is 1.53. The van der Waals surface area contributed by atoms with E-state index < -0.39 is 5.60 Å². The lowest BCUT2D eigenvalue weighted by Gasteiger charge is -2.32. The molecule has 0 amide bonds. The summed E-state index contributed by atoms with van der Waals surface area (Å²) in [5, 5.41) is 12.8. The molecule has 4 nitrogen and oxygen atoms in total. The van der Waals surface area contributed by atoms with Gasteiger partial charge < -0.3 is 19.0 Å². The highest BCUT2D eigenvalue weighted by Gasteiger charge is 2.31. The first-order valence-corrected chi connectivity index (χ1v) is 9.21. The predicted molar refractivity (Wildman–Crippen MR) is 110 cm³/mol. The van der Waals surface area contributed by atoms with Crippen LogP contribution in [0.1, 0.15) is 25.0 Å². The summed E-state index contributed by atoms with van der Waals surface area (Å²) in [6.45, 7) is 3.93. The van der Waals surface area contributed by atoms with Crippen molar-refractivity contribution in [2.75, 3.05) is 7.11 Å². The molecular formula is C24H20O4. The molecule has 3 aromatic carbocycles. The van der Waals surface area contributed by atoms with Crippen molar-refractivity contribution < 1.29 is 19.0 Å². The van der Waals surface area contributed by atoms with E-state index in [1.165, 1.54) is 7.11 Å². The van der Waals surface area contributed by atoms with Crippen LogP contribution in [-0.4, -0.2) is 17.8 Å². The van der Waals surface area contributed by atoms with Gasteiger partial charge in [-0.05, 0) is 43.7 Å². The number of benzene rings is 3. The minimum atomic E-state index is -0.597. The molecule has 0 spiro atoms. The van der Waals surface area contributed by atoms with E-state index in [2.05, 4.69) is 18.2 Å². The molecule has 1 aliphatic heterocycles. The Kier molecular flexibility index (Phi) is 3.47. The Morgan fingerprint density at radius 2 is 1.68 bits per heavy atom. The lowest BCUT2D eigenvalue weighted by atomic mass is 9.89. The number of ether oxygens (including phenoxy) is 2. The van der Waals surface area contributed by atoms with Crippen LogP contribution in [0.3, 0.4) is 0 Å². The average molecular weight is 372 g/mol. The third kappa shape index (κ3) is 2.38. The number of furan rings is 1. The molecule has 0 aliphatic carbocycles. The van der Waals surface area contributed by atoms with Crippen molar-refractivity contribution in [2.24, 2.45) is 0 Å². The number of rotatable bonds is 2. The number of hydrogen-bond acceptors (Lipinski definition) is 4. The van der Waals surface area contributed by atoms with Gasteiger partial charge in [-0.15, -0.1) is 0 Å². The van der Waals surface area contributed by atoms with Crippen LogP contribution in [0.5, 0.6) is 17.2 Å². The Hall–Kier alpha value is -3.40. The summed E-state index contributed by atoms with van der Waals surface area (Å²) < 4.78 is 17.6. The summed E-state index contributed by atoms with van der Waals surface area (Å²) in [4.78, 5) is 0. The highest BCUT2D eigenvalue weighted by atomic mass is 16.5. The molecule has 2 heterocycles. The maximum absolute atomic E-state index is 10.7. The maximum atomic E-state index is 10.7. The molecule has 4 heteroatoms. The lowest BCUT2D eigenvalue weighted by molar-refractivity contribution is 0.150. The summed E-state index contributed by atoms with van der Waals surface area (Å²) in [5.41, 5.74) is 3.83. The average Bonchev–Trinajstić information content (AvgIpc) is 3.06. The lowest BCUT2D eigenvalue weighted by Crippen LogP contribution is -2.29. The topological polar surface area (TPSA) is 51.8 Å². The van der Waals surface area contributed by atoms with Crippen LogP contribution in [-0.2, 0) is 0 Å². The highest BCUT2D eigenvalue weighted by Crippen LogP contribution is 2.49. The first-order chi connectivity index (χ1) is 13.5. The molecule has 1 aliphatic rings. The SMILES string of the molecule is COc1ccc2c(c1O)OC(C)(C)C=C2c1cccc2c1oc1ccccc12.